The SMILES string of the molecule is CCOC(=O)N1CCN(c2cnnc(N(CC)C3CCS(=O)(=O)C3)n2)CC1. The molecular formula is C16H26N6O4S. The highest BCUT2D eigenvalue weighted by Gasteiger charge is 2.33. The second-order valence-electron chi connectivity index (χ2n) is 6.63. The standard InChI is InChI=1S/C16H26N6O4S/c1-3-22(13-5-10-27(24,25)12-13)15-18-14(11-17-19-15)20-6-8-21(9-7-20)16(23)26-4-2/h11,13H,3-10,12H2,1-2H3. The monoisotopic (exact) mass is 398 g/mol. The van der Waals surface area contributed by atoms with Crippen LogP contribution in [0.25, 0.3) is 0 Å². The van der Waals surface area contributed by atoms with Gasteiger partial charge in [-0.1, -0.05) is 0 Å². The van der Waals surface area contributed by atoms with Crippen LogP contribution in [0.3, 0.4) is 0 Å². The van der Waals surface area contributed by atoms with Crippen molar-refractivity contribution in [3.05, 3.63) is 6.20 Å². The van der Waals surface area contributed by atoms with Crippen LogP contribution in [-0.2, 0) is 14.6 Å². The van der Waals surface area contributed by atoms with Gasteiger partial charge < -0.3 is 19.4 Å². The highest BCUT2D eigenvalue weighted by molar-refractivity contribution is 7.91. The Hall–Kier alpha value is -2.17. The van der Waals surface area contributed by atoms with Crippen molar-refractivity contribution in [2.24, 2.45) is 0 Å². The van der Waals surface area contributed by atoms with Gasteiger partial charge in [0, 0.05) is 38.8 Å². The number of nitrogens with zero attached hydrogens (tertiary/aromatic N) is 6. The van der Waals surface area contributed by atoms with Gasteiger partial charge in [0.1, 0.15) is 0 Å². The zero-order chi connectivity index (χ0) is 19.4. The lowest BCUT2D eigenvalue weighted by Gasteiger charge is -2.35. The van der Waals surface area contributed by atoms with Crippen LogP contribution in [0.4, 0.5) is 16.6 Å². The van der Waals surface area contributed by atoms with Gasteiger partial charge in [-0.3, -0.25) is 0 Å². The van der Waals surface area contributed by atoms with Crippen molar-refractivity contribution < 1.29 is 17.9 Å². The minimum absolute atomic E-state index is 0.113. The summed E-state index contributed by atoms with van der Waals surface area (Å²) in [5.41, 5.74) is 0. The average molecular weight is 398 g/mol. The third-order valence-electron chi connectivity index (χ3n) is 4.91. The summed E-state index contributed by atoms with van der Waals surface area (Å²) in [5.74, 6) is 1.47. The fraction of sp³-hybridized carbons (Fsp3) is 0.750. The molecule has 27 heavy (non-hydrogen) atoms. The van der Waals surface area contributed by atoms with Crippen molar-refractivity contribution in [3.8, 4) is 0 Å². The van der Waals surface area contributed by atoms with Gasteiger partial charge in [-0.2, -0.15) is 10.1 Å². The normalized spacial score (nSPS) is 21.9. The maximum Gasteiger partial charge on any atom is 0.409 e. The van der Waals surface area contributed by atoms with E-state index in [0.29, 0.717) is 57.5 Å². The van der Waals surface area contributed by atoms with Gasteiger partial charge in [-0.05, 0) is 20.3 Å². The molecule has 0 aromatic carbocycles. The van der Waals surface area contributed by atoms with Crippen LogP contribution in [0.1, 0.15) is 20.3 Å². The second-order valence-corrected chi connectivity index (χ2v) is 8.86. The number of carbonyl (C=O) groups is 1. The van der Waals surface area contributed by atoms with E-state index >= 15 is 0 Å². The Morgan fingerprint density at radius 3 is 2.63 bits per heavy atom. The Balaban J connectivity index is 1.68. The molecule has 10 nitrogen and oxygen atoms in total. The molecular weight excluding hydrogens is 372 g/mol. The molecule has 0 bridgehead atoms. The van der Waals surface area contributed by atoms with Gasteiger partial charge in [0.25, 0.3) is 0 Å². The second kappa shape index (κ2) is 8.24. The van der Waals surface area contributed by atoms with E-state index in [1.165, 1.54) is 0 Å². The van der Waals surface area contributed by atoms with Crippen LogP contribution < -0.4 is 9.80 Å². The lowest BCUT2D eigenvalue weighted by atomic mass is 10.2. The molecule has 3 heterocycles. The molecule has 2 saturated heterocycles. The van der Waals surface area contributed by atoms with Crippen molar-refractivity contribution in [3.63, 3.8) is 0 Å². The zero-order valence-corrected chi connectivity index (χ0v) is 16.6. The summed E-state index contributed by atoms with van der Waals surface area (Å²) in [5, 5.41) is 8.19. The van der Waals surface area contributed by atoms with Gasteiger partial charge in [0.15, 0.2) is 15.7 Å². The number of hydrogen-bond donors (Lipinski definition) is 0. The van der Waals surface area contributed by atoms with E-state index in [4.69, 9.17) is 4.74 Å². The Labute approximate surface area is 159 Å². The molecule has 0 radical (unpaired) electrons. The minimum atomic E-state index is -2.99. The number of sulfone groups is 1. The van der Waals surface area contributed by atoms with E-state index in [1.54, 1.807) is 18.0 Å². The third kappa shape index (κ3) is 4.57. The molecule has 0 aliphatic carbocycles. The van der Waals surface area contributed by atoms with Gasteiger partial charge in [-0.15, -0.1) is 5.10 Å². The first-order chi connectivity index (χ1) is 12.9. The first kappa shape index (κ1) is 19.6. The number of aromatic nitrogens is 3. The van der Waals surface area contributed by atoms with E-state index < -0.39 is 9.84 Å². The first-order valence-electron chi connectivity index (χ1n) is 9.27. The van der Waals surface area contributed by atoms with Crippen molar-refractivity contribution in [2.45, 2.75) is 26.3 Å². The highest BCUT2D eigenvalue weighted by Crippen LogP contribution is 2.23. The van der Waals surface area contributed by atoms with Crippen LogP contribution in [0.2, 0.25) is 0 Å². The predicted octanol–water partition coefficient (Wildman–Crippen LogP) is 0.164. The summed E-state index contributed by atoms with van der Waals surface area (Å²) in [6.07, 6.45) is 1.89. The average Bonchev–Trinajstić information content (AvgIpc) is 3.02. The number of rotatable bonds is 5. The molecule has 1 aromatic rings. The molecule has 150 valence electrons. The van der Waals surface area contributed by atoms with Crippen molar-refractivity contribution in [1.82, 2.24) is 20.1 Å². The number of anilines is 2. The molecule has 1 aromatic heterocycles. The topological polar surface area (TPSA) is 109 Å². The number of carbonyl (C=O) groups excluding carboxylic acids is 1. The van der Waals surface area contributed by atoms with E-state index in [2.05, 4.69) is 15.2 Å². The van der Waals surface area contributed by atoms with E-state index in [1.807, 2.05) is 16.7 Å². The Kier molecular flexibility index (Phi) is 5.98. The van der Waals surface area contributed by atoms with Crippen LogP contribution in [0, 0.1) is 0 Å². The molecule has 0 saturated carbocycles. The Bertz CT molecular complexity index is 766. The predicted molar refractivity (Wildman–Crippen MR) is 101 cm³/mol. The summed E-state index contributed by atoms with van der Waals surface area (Å²) in [6.45, 7) is 7.08. The Morgan fingerprint density at radius 2 is 2.04 bits per heavy atom. The lowest BCUT2D eigenvalue weighted by Crippen LogP contribution is -2.49. The van der Waals surface area contributed by atoms with Gasteiger partial charge in [0.2, 0.25) is 5.95 Å². The summed E-state index contributed by atoms with van der Waals surface area (Å²) < 4.78 is 28.6. The molecule has 1 atom stereocenters. The third-order valence-corrected chi connectivity index (χ3v) is 6.66. The molecule has 3 rings (SSSR count). The summed E-state index contributed by atoms with van der Waals surface area (Å²) in [7, 11) is -2.99. The number of ether oxygens (including phenoxy) is 1. The molecule has 11 heteroatoms. The molecule has 1 amide bonds. The molecule has 0 N–H and O–H groups in total. The smallest absolute Gasteiger partial charge is 0.409 e. The maximum absolute atomic E-state index is 11.8. The quantitative estimate of drug-likeness (QED) is 0.685. The summed E-state index contributed by atoms with van der Waals surface area (Å²) in [6, 6.07) is -0.113. The summed E-state index contributed by atoms with van der Waals surface area (Å²) >= 11 is 0. The highest BCUT2D eigenvalue weighted by atomic mass is 32.2. The van der Waals surface area contributed by atoms with E-state index in [0.717, 1.165) is 0 Å². The fourth-order valence-corrected chi connectivity index (χ4v) is 5.21. The number of piperazine rings is 1. The van der Waals surface area contributed by atoms with Crippen LogP contribution in [0.15, 0.2) is 6.20 Å². The number of amides is 1. The van der Waals surface area contributed by atoms with Crippen molar-refractivity contribution in [2.75, 3.05) is 60.6 Å². The molecule has 2 aliphatic heterocycles. The van der Waals surface area contributed by atoms with Crippen molar-refractivity contribution >= 4 is 27.7 Å². The first-order valence-corrected chi connectivity index (χ1v) is 11.1. The zero-order valence-electron chi connectivity index (χ0n) is 15.7. The van der Waals surface area contributed by atoms with Gasteiger partial charge in [0.05, 0.1) is 24.3 Å². The van der Waals surface area contributed by atoms with Crippen LogP contribution in [-0.4, -0.2) is 91.5 Å². The van der Waals surface area contributed by atoms with Crippen molar-refractivity contribution in [1.29, 1.82) is 0 Å². The molecule has 0 spiro atoms. The number of hydrogen-bond acceptors (Lipinski definition) is 9. The molecule has 2 fully saturated rings. The van der Waals surface area contributed by atoms with E-state index in [-0.39, 0.29) is 23.6 Å². The fourth-order valence-electron chi connectivity index (χ4n) is 3.48. The van der Waals surface area contributed by atoms with Crippen LogP contribution in [0.5, 0.6) is 0 Å². The Morgan fingerprint density at radius 1 is 1.30 bits per heavy atom. The molecule has 2 aliphatic rings. The largest absolute Gasteiger partial charge is 0.450 e. The summed E-state index contributed by atoms with van der Waals surface area (Å²) in [4.78, 5) is 22.1. The van der Waals surface area contributed by atoms with Crippen LogP contribution >= 0.6 is 0 Å². The molecule has 1 unspecified atom stereocenters. The van der Waals surface area contributed by atoms with E-state index in [9.17, 15) is 13.2 Å². The van der Waals surface area contributed by atoms with Gasteiger partial charge in [-0.25, -0.2) is 13.2 Å². The minimum Gasteiger partial charge on any atom is -0.450 e. The van der Waals surface area contributed by atoms with Gasteiger partial charge >= 0.3 is 6.09 Å². The maximum atomic E-state index is 11.8. The lowest BCUT2D eigenvalue weighted by molar-refractivity contribution is 0.105.